The number of rotatable bonds is 4. The zero-order chi connectivity index (χ0) is 12.1. The van der Waals surface area contributed by atoms with Crippen LogP contribution >= 0.6 is 0 Å². The molecule has 2 rings (SSSR count). The third-order valence-corrected chi connectivity index (χ3v) is 3.72. The topological polar surface area (TPSA) is 32.8 Å². The molecule has 4 heteroatoms. The predicted molar refractivity (Wildman–Crippen MR) is 66.9 cm³/mol. The van der Waals surface area contributed by atoms with Crippen LogP contribution in [0.1, 0.15) is 32.6 Å². The number of piperazine rings is 1. The number of nitrogens with zero attached hydrogens (tertiary/aromatic N) is 2. The van der Waals surface area contributed by atoms with Crippen LogP contribution in [0.3, 0.4) is 0 Å². The Bertz CT molecular complexity index is 244. The summed E-state index contributed by atoms with van der Waals surface area (Å²) in [5.41, 5.74) is 0. The van der Waals surface area contributed by atoms with Gasteiger partial charge in [0.15, 0.2) is 0 Å². The Morgan fingerprint density at radius 1 is 1.29 bits per heavy atom. The fourth-order valence-electron chi connectivity index (χ4n) is 2.55. The summed E-state index contributed by atoms with van der Waals surface area (Å²) in [5.74, 6) is 0.220. The highest BCUT2D eigenvalue weighted by Gasteiger charge is 2.29. The van der Waals surface area contributed by atoms with Gasteiger partial charge >= 0.3 is 0 Å². The van der Waals surface area contributed by atoms with E-state index in [0.717, 1.165) is 45.6 Å². The maximum atomic E-state index is 12.1. The summed E-state index contributed by atoms with van der Waals surface area (Å²) in [6.45, 7) is 7.96. The van der Waals surface area contributed by atoms with E-state index >= 15 is 0 Å². The summed E-state index contributed by atoms with van der Waals surface area (Å²) in [5, 5.41) is 0. The van der Waals surface area contributed by atoms with Crippen molar-refractivity contribution in [3.05, 3.63) is 0 Å². The minimum atomic E-state index is -0.141. The lowest BCUT2D eigenvalue weighted by atomic mass is 10.2. The fourth-order valence-corrected chi connectivity index (χ4v) is 2.55. The van der Waals surface area contributed by atoms with E-state index in [9.17, 15) is 4.79 Å². The van der Waals surface area contributed by atoms with Gasteiger partial charge < -0.3 is 9.64 Å². The van der Waals surface area contributed by atoms with E-state index in [-0.39, 0.29) is 12.0 Å². The Morgan fingerprint density at radius 3 is 2.65 bits per heavy atom. The molecular formula is C13H24N2O2. The molecule has 0 aromatic carbocycles. The van der Waals surface area contributed by atoms with Gasteiger partial charge in [-0.1, -0.05) is 13.3 Å². The fraction of sp³-hybridized carbons (Fsp3) is 0.923. The van der Waals surface area contributed by atoms with Gasteiger partial charge in [-0.3, -0.25) is 9.69 Å². The van der Waals surface area contributed by atoms with Gasteiger partial charge in [-0.2, -0.15) is 0 Å². The van der Waals surface area contributed by atoms with E-state index in [0.29, 0.717) is 0 Å². The number of carbonyl (C=O) groups excluding carboxylic acids is 1. The maximum absolute atomic E-state index is 12.1. The molecule has 1 amide bonds. The number of ether oxygens (including phenoxy) is 1. The van der Waals surface area contributed by atoms with Crippen molar-refractivity contribution < 1.29 is 9.53 Å². The average molecular weight is 240 g/mol. The van der Waals surface area contributed by atoms with E-state index < -0.39 is 0 Å². The van der Waals surface area contributed by atoms with Crippen molar-refractivity contribution >= 4 is 5.91 Å². The first-order valence-corrected chi connectivity index (χ1v) is 6.94. The molecule has 2 aliphatic rings. The monoisotopic (exact) mass is 240 g/mol. The van der Waals surface area contributed by atoms with E-state index in [2.05, 4.69) is 11.8 Å². The molecule has 0 bridgehead atoms. The molecule has 2 heterocycles. The third-order valence-electron chi connectivity index (χ3n) is 3.72. The molecule has 0 spiro atoms. The summed E-state index contributed by atoms with van der Waals surface area (Å²) < 4.78 is 5.45. The van der Waals surface area contributed by atoms with Crippen molar-refractivity contribution in [1.82, 2.24) is 9.80 Å². The molecular weight excluding hydrogens is 216 g/mol. The van der Waals surface area contributed by atoms with E-state index in [1.54, 1.807) is 0 Å². The maximum Gasteiger partial charge on any atom is 0.251 e. The van der Waals surface area contributed by atoms with Crippen LogP contribution in [0.25, 0.3) is 0 Å². The standard InChI is InChI=1S/C13H24N2O2/c1-2-3-6-14-7-9-15(10-8-14)13(16)12-5-4-11-17-12/h12H,2-11H2,1H3. The van der Waals surface area contributed by atoms with Gasteiger partial charge in [0, 0.05) is 32.8 Å². The van der Waals surface area contributed by atoms with E-state index in [4.69, 9.17) is 4.74 Å². The SMILES string of the molecule is CCCCN1CCN(C(=O)C2CCCO2)CC1. The van der Waals surface area contributed by atoms with Crippen LogP contribution in [-0.2, 0) is 9.53 Å². The molecule has 2 aliphatic heterocycles. The van der Waals surface area contributed by atoms with Crippen molar-refractivity contribution in [3.63, 3.8) is 0 Å². The lowest BCUT2D eigenvalue weighted by molar-refractivity contribution is -0.142. The molecule has 0 aromatic heterocycles. The molecule has 17 heavy (non-hydrogen) atoms. The van der Waals surface area contributed by atoms with Gasteiger partial charge in [0.1, 0.15) is 6.10 Å². The van der Waals surface area contributed by atoms with Gasteiger partial charge in [-0.05, 0) is 25.8 Å². The molecule has 0 aliphatic carbocycles. The molecule has 0 saturated carbocycles. The summed E-state index contributed by atoms with van der Waals surface area (Å²) in [7, 11) is 0. The highest BCUT2D eigenvalue weighted by molar-refractivity contribution is 5.81. The van der Waals surface area contributed by atoms with Crippen LogP contribution in [0, 0.1) is 0 Å². The van der Waals surface area contributed by atoms with Crippen LogP contribution < -0.4 is 0 Å². The van der Waals surface area contributed by atoms with Crippen LogP contribution in [0.15, 0.2) is 0 Å². The quantitative estimate of drug-likeness (QED) is 0.738. The van der Waals surface area contributed by atoms with Crippen LogP contribution in [0.2, 0.25) is 0 Å². The lowest BCUT2D eigenvalue weighted by Crippen LogP contribution is -2.51. The van der Waals surface area contributed by atoms with Gasteiger partial charge in [0.2, 0.25) is 0 Å². The first-order chi connectivity index (χ1) is 8.31. The normalized spacial score (nSPS) is 26.4. The van der Waals surface area contributed by atoms with Gasteiger partial charge in [0.25, 0.3) is 5.91 Å². The third kappa shape index (κ3) is 3.42. The van der Waals surface area contributed by atoms with Crippen molar-refractivity contribution in [2.45, 2.75) is 38.7 Å². The molecule has 98 valence electrons. The first-order valence-electron chi connectivity index (χ1n) is 6.94. The second kappa shape index (κ2) is 6.36. The average Bonchev–Trinajstić information content (AvgIpc) is 2.90. The van der Waals surface area contributed by atoms with Gasteiger partial charge in [0.05, 0.1) is 0 Å². The van der Waals surface area contributed by atoms with Crippen LogP contribution in [0.4, 0.5) is 0 Å². The molecule has 1 unspecified atom stereocenters. The second-order valence-corrected chi connectivity index (χ2v) is 5.02. The van der Waals surface area contributed by atoms with E-state index in [1.165, 1.54) is 19.4 Å². The predicted octanol–water partition coefficient (Wildman–Crippen LogP) is 1.11. The Balaban J connectivity index is 1.72. The largest absolute Gasteiger partial charge is 0.368 e. The second-order valence-electron chi connectivity index (χ2n) is 5.02. The van der Waals surface area contributed by atoms with E-state index in [1.807, 2.05) is 4.90 Å². The van der Waals surface area contributed by atoms with Crippen molar-refractivity contribution in [1.29, 1.82) is 0 Å². The number of unbranched alkanes of at least 4 members (excludes halogenated alkanes) is 1. The number of amides is 1. The van der Waals surface area contributed by atoms with Crippen LogP contribution in [0.5, 0.6) is 0 Å². The number of hydrogen-bond acceptors (Lipinski definition) is 3. The molecule has 2 fully saturated rings. The summed E-state index contributed by atoms with van der Waals surface area (Å²) >= 11 is 0. The van der Waals surface area contributed by atoms with Gasteiger partial charge in [-0.25, -0.2) is 0 Å². The smallest absolute Gasteiger partial charge is 0.251 e. The number of hydrogen-bond donors (Lipinski definition) is 0. The Hall–Kier alpha value is -0.610. The van der Waals surface area contributed by atoms with Crippen LogP contribution in [-0.4, -0.2) is 61.1 Å². The minimum absolute atomic E-state index is 0.141. The minimum Gasteiger partial charge on any atom is -0.368 e. The molecule has 0 aromatic rings. The highest BCUT2D eigenvalue weighted by Crippen LogP contribution is 2.16. The Morgan fingerprint density at radius 2 is 2.06 bits per heavy atom. The molecule has 4 nitrogen and oxygen atoms in total. The highest BCUT2D eigenvalue weighted by atomic mass is 16.5. The number of carbonyl (C=O) groups is 1. The first kappa shape index (κ1) is 12.8. The molecule has 0 radical (unpaired) electrons. The molecule has 2 saturated heterocycles. The summed E-state index contributed by atoms with van der Waals surface area (Å²) in [6.07, 6.45) is 4.31. The molecule has 0 N–H and O–H groups in total. The van der Waals surface area contributed by atoms with Crippen molar-refractivity contribution in [2.24, 2.45) is 0 Å². The Labute approximate surface area is 104 Å². The van der Waals surface area contributed by atoms with Gasteiger partial charge in [-0.15, -0.1) is 0 Å². The Kier molecular flexibility index (Phi) is 4.80. The molecule has 1 atom stereocenters. The lowest BCUT2D eigenvalue weighted by Gasteiger charge is -2.35. The van der Waals surface area contributed by atoms with Crippen molar-refractivity contribution in [2.75, 3.05) is 39.3 Å². The zero-order valence-corrected chi connectivity index (χ0v) is 10.9. The van der Waals surface area contributed by atoms with Crippen molar-refractivity contribution in [3.8, 4) is 0 Å². The zero-order valence-electron chi connectivity index (χ0n) is 10.9. The summed E-state index contributed by atoms with van der Waals surface area (Å²) in [6, 6.07) is 0. The summed E-state index contributed by atoms with van der Waals surface area (Å²) in [4.78, 5) is 16.5.